The Morgan fingerprint density at radius 1 is 1.25 bits per heavy atom. The van der Waals surface area contributed by atoms with Crippen LogP contribution in [-0.2, 0) is 24.5 Å². The van der Waals surface area contributed by atoms with Crippen LogP contribution < -0.4 is 5.32 Å². The van der Waals surface area contributed by atoms with E-state index in [1.54, 1.807) is 7.05 Å². The zero-order valence-electron chi connectivity index (χ0n) is 9.60. The van der Waals surface area contributed by atoms with Crippen LogP contribution in [0, 0.1) is 0 Å². The van der Waals surface area contributed by atoms with E-state index in [-0.39, 0.29) is 13.3 Å². The van der Waals surface area contributed by atoms with Gasteiger partial charge in [0.1, 0.15) is 0 Å². The highest BCUT2D eigenvalue weighted by molar-refractivity contribution is 8.08. The highest BCUT2D eigenvalue weighted by atomic mass is 32.3. The van der Waals surface area contributed by atoms with Crippen molar-refractivity contribution in [2.24, 2.45) is 0 Å². The molecule has 0 aliphatic heterocycles. The lowest BCUT2D eigenvalue weighted by Gasteiger charge is -2.14. The molecular formula is C8H22N2O4S2. The van der Waals surface area contributed by atoms with E-state index in [0.29, 0.717) is 0 Å². The van der Waals surface area contributed by atoms with Crippen molar-refractivity contribution < 1.29 is 17.4 Å². The molecule has 0 saturated heterocycles. The molecule has 1 N–H and O–H groups in total. The summed E-state index contributed by atoms with van der Waals surface area (Å²) in [5, 5.41) is 2.39. The lowest BCUT2D eigenvalue weighted by atomic mass is 10.7. The third-order valence-corrected chi connectivity index (χ3v) is 5.14. The summed E-state index contributed by atoms with van der Waals surface area (Å²) < 4.78 is 33.1. The first-order valence-electron chi connectivity index (χ1n) is 3.87. The van der Waals surface area contributed by atoms with E-state index in [2.05, 4.69) is 11.2 Å². The SMILES string of the molecule is C.C=S(C)(=O)N(C)S(C)(=O)=O.CNC(C)=O. The van der Waals surface area contributed by atoms with Gasteiger partial charge in [0.25, 0.3) is 0 Å². The molecule has 0 aromatic rings. The molecule has 0 aliphatic rings. The second-order valence-corrected chi connectivity index (χ2v) is 7.65. The molecule has 0 aromatic carbocycles. The standard InChI is InChI=1S/C4H11NO3S2.C3H7NO.CH4/c1-5(9(2,3)6)10(4,7)8;1-3(5)4-2;/h2H2,1,3-4H3;1-2H3,(H,4,5);1H4. The highest BCUT2D eigenvalue weighted by Gasteiger charge is 2.15. The second kappa shape index (κ2) is 7.64. The Kier molecular flexibility index (Phi) is 9.91. The monoisotopic (exact) mass is 274 g/mol. The largest absolute Gasteiger partial charge is 0.359 e. The minimum atomic E-state index is -3.37. The van der Waals surface area contributed by atoms with Gasteiger partial charge in [-0.2, -0.15) is 0 Å². The molecule has 6 nitrogen and oxygen atoms in total. The molecule has 100 valence electrons. The van der Waals surface area contributed by atoms with Gasteiger partial charge < -0.3 is 5.32 Å². The normalized spacial score (nSPS) is 13.9. The number of rotatable bonds is 2. The fourth-order valence-corrected chi connectivity index (χ4v) is 2.58. The molecule has 0 aliphatic carbocycles. The molecule has 8 heteroatoms. The average molecular weight is 274 g/mol. The number of sulfonamides is 1. The number of nitrogens with one attached hydrogen (secondary N) is 1. The Morgan fingerprint density at radius 2 is 1.50 bits per heavy atom. The summed E-state index contributed by atoms with van der Waals surface area (Å²) in [5.41, 5.74) is 0. The van der Waals surface area contributed by atoms with Crippen LogP contribution >= 0.6 is 0 Å². The topological polar surface area (TPSA) is 83.6 Å². The molecule has 1 unspecified atom stereocenters. The van der Waals surface area contributed by atoms with Crippen molar-refractivity contribution >= 4 is 31.5 Å². The summed E-state index contributed by atoms with van der Waals surface area (Å²) in [6, 6.07) is 0. The minimum Gasteiger partial charge on any atom is -0.359 e. The van der Waals surface area contributed by atoms with Crippen LogP contribution in [0.5, 0.6) is 0 Å². The number of amides is 1. The van der Waals surface area contributed by atoms with Crippen molar-refractivity contribution in [3.05, 3.63) is 0 Å². The van der Waals surface area contributed by atoms with Gasteiger partial charge in [-0.15, -0.1) is 3.71 Å². The third-order valence-electron chi connectivity index (χ3n) is 1.36. The molecule has 1 atom stereocenters. The van der Waals surface area contributed by atoms with Gasteiger partial charge in [-0.3, -0.25) is 9.00 Å². The first-order chi connectivity index (χ1) is 6.42. The van der Waals surface area contributed by atoms with E-state index in [4.69, 9.17) is 0 Å². The van der Waals surface area contributed by atoms with E-state index >= 15 is 0 Å². The quantitative estimate of drug-likeness (QED) is 0.690. The van der Waals surface area contributed by atoms with Crippen LogP contribution in [0.1, 0.15) is 14.4 Å². The number of hydrogen-bond donors (Lipinski definition) is 1. The van der Waals surface area contributed by atoms with E-state index in [1.807, 2.05) is 0 Å². The van der Waals surface area contributed by atoms with E-state index in [9.17, 15) is 17.4 Å². The molecule has 0 rings (SSSR count). The number of nitrogens with zero attached hydrogens (tertiary/aromatic N) is 1. The maximum atomic E-state index is 11.0. The van der Waals surface area contributed by atoms with Crippen molar-refractivity contribution in [2.75, 3.05) is 26.6 Å². The van der Waals surface area contributed by atoms with Gasteiger partial charge >= 0.3 is 0 Å². The first kappa shape index (κ1) is 20.8. The van der Waals surface area contributed by atoms with Crippen molar-refractivity contribution in [2.45, 2.75) is 14.4 Å². The molecule has 0 spiro atoms. The lowest BCUT2D eigenvalue weighted by Crippen LogP contribution is -2.30. The molecule has 0 saturated carbocycles. The van der Waals surface area contributed by atoms with Crippen LogP contribution in [-0.4, -0.2) is 54.7 Å². The summed E-state index contributed by atoms with van der Waals surface area (Å²) in [6.07, 6.45) is 2.26. The maximum absolute atomic E-state index is 11.0. The maximum Gasteiger partial charge on any atom is 0.221 e. The van der Waals surface area contributed by atoms with Gasteiger partial charge in [0, 0.05) is 37.0 Å². The average Bonchev–Trinajstić information content (AvgIpc) is 2.01. The summed E-state index contributed by atoms with van der Waals surface area (Å²) in [4.78, 5) is 9.70. The predicted octanol–water partition coefficient (Wildman–Crippen LogP) is -0.473. The Balaban J connectivity index is -0.000000242. The van der Waals surface area contributed by atoms with Gasteiger partial charge in [-0.25, -0.2) is 8.42 Å². The van der Waals surface area contributed by atoms with Crippen LogP contribution in [0.4, 0.5) is 0 Å². The molecular weight excluding hydrogens is 252 g/mol. The van der Waals surface area contributed by atoms with Gasteiger partial charge in [0.15, 0.2) is 0 Å². The Labute approximate surface area is 99.2 Å². The number of hydrogen-bond acceptors (Lipinski definition) is 4. The van der Waals surface area contributed by atoms with E-state index in [1.165, 1.54) is 20.2 Å². The first-order valence-corrected chi connectivity index (χ1v) is 7.81. The Bertz CT molecular complexity index is 366. The van der Waals surface area contributed by atoms with Gasteiger partial charge in [0.2, 0.25) is 15.9 Å². The van der Waals surface area contributed by atoms with E-state index < -0.39 is 19.7 Å². The number of carbonyl (C=O) groups excluding carboxylic acids is 1. The van der Waals surface area contributed by atoms with Crippen LogP contribution in [0.15, 0.2) is 0 Å². The highest BCUT2D eigenvalue weighted by Crippen LogP contribution is 1.98. The molecule has 0 aromatic heterocycles. The van der Waals surface area contributed by atoms with Crippen LogP contribution in [0.25, 0.3) is 0 Å². The van der Waals surface area contributed by atoms with Crippen LogP contribution in [0.2, 0.25) is 0 Å². The Hall–Kier alpha value is -0.600. The minimum absolute atomic E-state index is 0. The van der Waals surface area contributed by atoms with Gasteiger partial charge in [-0.1, -0.05) is 7.43 Å². The van der Waals surface area contributed by atoms with Crippen molar-refractivity contribution in [3.63, 3.8) is 0 Å². The second-order valence-electron chi connectivity index (χ2n) is 2.94. The van der Waals surface area contributed by atoms with Crippen molar-refractivity contribution in [1.82, 2.24) is 9.03 Å². The predicted molar refractivity (Wildman–Crippen MR) is 70.3 cm³/mol. The van der Waals surface area contributed by atoms with Gasteiger partial charge in [0.05, 0.1) is 6.26 Å². The zero-order valence-corrected chi connectivity index (χ0v) is 11.2. The molecule has 0 radical (unpaired) electrons. The smallest absolute Gasteiger partial charge is 0.221 e. The molecule has 0 bridgehead atoms. The summed E-state index contributed by atoms with van der Waals surface area (Å²) in [6.45, 7) is 1.47. The Morgan fingerprint density at radius 3 is 1.50 bits per heavy atom. The molecule has 1 amide bonds. The fourth-order valence-electron chi connectivity index (χ4n) is 0.286. The van der Waals surface area contributed by atoms with E-state index in [0.717, 1.165) is 9.97 Å². The summed E-state index contributed by atoms with van der Waals surface area (Å²) in [5.74, 6) is 3.22. The zero-order chi connectivity index (χ0) is 12.9. The van der Waals surface area contributed by atoms with Crippen LogP contribution in [0.3, 0.4) is 0 Å². The third kappa shape index (κ3) is 11.5. The summed E-state index contributed by atoms with van der Waals surface area (Å²) in [7, 11) is -3.14. The van der Waals surface area contributed by atoms with Crippen molar-refractivity contribution in [3.8, 4) is 0 Å². The van der Waals surface area contributed by atoms with Crippen molar-refractivity contribution in [1.29, 1.82) is 0 Å². The molecule has 0 fully saturated rings. The molecule has 0 heterocycles. The van der Waals surface area contributed by atoms with Gasteiger partial charge in [-0.05, 0) is 5.87 Å². The molecule has 16 heavy (non-hydrogen) atoms. The summed E-state index contributed by atoms with van der Waals surface area (Å²) >= 11 is 0. The fraction of sp³-hybridized carbons (Fsp3) is 0.750. The number of carbonyl (C=O) groups is 1. The lowest BCUT2D eigenvalue weighted by molar-refractivity contribution is -0.118.